The van der Waals surface area contributed by atoms with E-state index in [1.54, 1.807) is 13.8 Å². The molecule has 0 bridgehead atoms. The number of hydrogen-bond donors (Lipinski definition) is 1. The van der Waals surface area contributed by atoms with E-state index in [4.69, 9.17) is 10.4 Å². The molecule has 0 radical (unpaired) electrons. The molecule has 0 saturated carbocycles. The molecule has 98 valence electrons. The summed E-state index contributed by atoms with van der Waals surface area (Å²) in [5.74, 6) is -1.22. The van der Waals surface area contributed by atoms with Gasteiger partial charge in [-0.05, 0) is 26.0 Å². The van der Waals surface area contributed by atoms with E-state index in [-0.39, 0.29) is 9.09 Å². The van der Waals surface area contributed by atoms with Gasteiger partial charge in [0, 0.05) is 6.04 Å². The maximum Gasteiger partial charge on any atom is 0.318 e. The van der Waals surface area contributed by atoms with Crippen molar-refractivity contribution in [3.05, 3.63) is 17.0 Å². The number of aliphatic carboxylic acids is 1. The first-order valence-electron chi connectivity index (χ1n) is 5.02. The van der Waals surface area contributed by atoms with Gasteiger partial charge in [0.15, 0.2) is 0 Å². The molecule has 0 aliphatic rings. The first-order chi connectivity index (χ1) is 8.28. The number of hydrogen-bond acceptors (Lipinski definition) is 5. The van der Waals surface area contributed by atoms with E-state index in [1.807, 2.05) is 6.07 Å². The van der Waals surface area contributed by atoms with E-state index in [0.717, 1.165) is 15.6 Å². The zero-order valence-corrected chi connectivity index (χ0v) is 11.5. The highest BCUT2D eigenvalue weighted by Gasteiger charge is 2.30. The number of sulfonamides is 1. The van der Waals surface area contributed by atoms with E-state index in [0.29, 0.717) is 0 Å². The maximum absolute atomic E-state index is 12.2. The lowest BCUT2D eigenvalue weighted by atomic mass is 10.4. The number of carboxylic acid groups (broad SMARTS) is 1. The van der Waals surface area contributed by atoms with Crippen LogP contribution < -0.4 is 0 Å². The summed E-state index contributed by atoms with van der Waals surface area (Å²) in [6, 6.07) is 4.09. The van der Waals surface area contributed by atoms with Crippen LogP contribution in [0.2, 0.25) is 0 Å². The van der Waals surface area contributed by atoms with Crippen molar-refractivity contribution < 1.29 is 18.3 Å². The maximum atomic E-state index is 12.2. The van der Waals surface area contributed by atoms with Crippen LogP contribution in [0, 0.1) is 11.3 Å². The molecule has 0 saturated heterocycles. The van der Waals surface area contributed by atoms with Crippen molar-refractivity contribution in [2.45, 2.75) is 24.1 Å². The van der Waals surface area contributed by atoms with Crippen LogP contribution in [0.4, 0.5) is 0 Å². The van der Waals surface area contributed by atoms with Crippen molar-refractivity contribution in [3.63, 3.8) is 0 Å². The molecule has 0 aliphatic carbocycles. The zero-order chi connectivity index (χ0) is 13.9. The molecule has 18 heavy (non-hydrogen) atoms. The molecule has 0 aliphatic heterocycles. The van der Waals surface area contributed by atoms with Gasteiger partial charge in [-0.25, -0.2) is 8.42 Å². The lowest BCUT2D eigenvalue weighted by molar-refractivity contribution is -0.137. The molecule has 8 heteroatoms. The van der Waals surface area contributed by atoms with E-state index in [9.17, 15) is 13.2 Å². The summed E-state index contributed by atoms with van der Waals surface area (Å²) in [5, 5.41) is 17.4. The Balaban J connectivity index is 3.17. The Hall–Kier alpha value is -1.43. The predicted octanol–water partition coefficient (Wildman–Crippen LogP) is 1.10. The number of nitrogens with zero attached hydrogens (tertiary/aromatic N) is 2. The molecule has 0 aromatic carbocycles. The van der Waals surface area contributed by atoms with E-state index in [1.165, 1.54) is 12.1 Å². The Labute approximate surface area is 109 Å². The third-order valence-corrected chi connectivity index (χ3v) is 5.60. The molecule has 0 fully saturated rings. The van der Waals surface area contributed by atoms with Crippen molar-refractivity contribution in [2.24, 2.45) is 0 Å². The lowest BCUT2D eigenvalue weighted by Gasteiger charge is -2.23. The number of carbonyl (C=O) groups is 1. The van der Waals surface area contributed by atoms with Crippen LogP contribution in [0.5, 0.6) is 0 Å². The number of rotatable bonds is 5. The molecule has 0 amide bonds. The molecule has 1 heterocycles. The van der Waals surface area contributed by atoms with Gasteiger partial charge in [0.25, 0.3) is 10.0 Å². The van der Waals surface area contributed by atoms with Gasteiger partial charge in [0.2, 0.25) is 0 Å². The SMILES string of the molecule is CC(C)N(CC(=O)O)S(=O)(=O)c1ccc(C#N)s1. The number of thiophene rings is 1. The van der Waals surface area contributed by atoms with Crippen molar-refractivity contribution >= 4 is 27.3 Å². The van der Waals surface area contributed by atoms with Crippen LogP contribution in [0.3, 0.4) is 0 Å². The van der Waals surface area contributed by atoms with Crippen molar-refractivity contribution in [3.8, 4) is 6.07 Å². The normalized spacial score (nSPS) is 11.7. The Bertz CT molecular complexity index is 583. The third-order valence-electron chi connectivity index (χ3n) is 2.12. The summed E-state index contributed by atoms with van der Waals surface area (Å²) in [5.41, 5.74) is 0. The van der Waals surface area contributed by atoms with E-state index >= 15 is 0 Å². The van der Waals surface area contributed by atoms with Gasteiger partial charge in [-0.3, -0.25) is 4.79 Å². The van der Waals surface area contributed by atoms with Gasteiger partial charge in [-0.2, -0.15) is 9.57 Å². The van der Waals surface area contributed by atoms with Crippen LogP contribution in [-0.4, -0.2) is 36.4 Å². The minimum atomic E-state index is -3.86. The van der Waals surface area contributed by atoms with Gasteiger partial charge in [-0.15, -0.1) is 11.3 Å². The molecule has 1 N–H and O–H groups in total. The molecular formula is C10H12N2O4S2. The fourth-order valence-corrected chi connectivity index (χ4v) is 4.13. The largest absolute Gasteiger partial charge is 0.480 e. The molecule has 1 rings (SSSR count). The smallest absolute Gasteiger partial charge is 0.318 e. The van der Waals surface area contributed by atoms with Crippen LogP contribution in [-0.2, 0) is 14.8 Å². The summed E-state index contributed by atoms with van der Waals surface area (Å²) < 4.78 is 25.3. The second-order valence-electron chi connectivity index (χ2n) is 3.77. The minimum Gasteiger partial charge on any atom is -0.480 e. The number of carboxylic acids is 1. The predicted molar refractivity (Wildman–Crippen MR) is 65.7 cm³/mol. The average molecular weight is 288 g/mol. The quantitative estimate of drug-likeness (QED) is 0.874. The molecular weight excluding hydrogens is 276 g/mol. The second-order valence-corrected chi connectivity index (χ2v) is 6.97. The van der Waals surface area contributed by atoms with E-state index < -0.39 is 28.6 Å². The van der Waals surface area contributed by atoms with Crippen LogP contribution in [0.15, 0.2) is 16.3 Å². The summed E-state index contributed by atoms with van der Waals surface area (Å²) >= 11 is 0.829. The summed E-state index contributed by atoms with van der Waals surface area (Å²) in [7, 11) is -3.86. The fourth-order valence-electron chi connectivity index (χ4n) is 1.31. The lowest BCUT2D eigenvalue weighted by Crippen LogP contribution is -2.40. The third kappa shape index (κ3) is 3.07. The first kappa shape index (κ1) is 14.6. The molecule has 1 aromatic rings. The van der Waals surface area contributed by atoms with Gasteiger partial charge in [0.1, 0.15) is 21.7 Å². The monoisotopic (exact) mass is 288 g/mol. The van der Waals surface area contributed by atoms with Gasteiger partial charge in [-0.1, -0.05) is 0 Å². The molecule has 0 atom stereocenters. The van der Waals surface area contributed by atoms with Crippen molar-refractivity contribution in [2.75, 3.05) is 6.54 Å². The molecule has 1 aromatic heterocycles. The highest BCUT2D eigenvalue weighted by Crippen LogP contribution is 2.25. The summed E-state index contributed by atoms with van der Waals surface area (Å²) in [6.45, 7) is 2.60. The summed E-state index contributed by atoms with van der Waals surface area (Å²) in [6.07, 6.45) is 0. The fraction of sp³-hybridized carbons (Fsp3) is 0.400. The molecule has 6 nitrogen and oxygen atoms in total. The second kappa shape index (κ2) is 5.48. The van der Waals surface area contributed by atoms with Gasteiger partial charge in [0.05, 0.1) is 0 Å². The number of nitriles is 1. The van der Waals surface area contributed by atoms with Crippen LogP contribution in [0.1, 0.15) is 18.7 Å². The Morgan fingerprint density at radius 1 is 1.56 bits per heavy atom. The Kier molecular flexibility index (Phi) is 4.45. The Morgan fingerprint density at radius 2 is 2.17 bits per heavy atom. The van der Waals surface area contributed by atoms with Crippen molar-refractivity contribution in [1.29, 1.82) is 5.26 Å². The molecule has 0 unspecified atom stereocenters. The van der Waals surface area contributed by atoms with Gasteiger partial charge >= 0.3 is 5.97 Å². The Morgan fingerprint density at radius 3 is 2.56 bits per heavy atom. The van der Waals surface area contributed by atoms with Gasteiger partial charge < -0.3 is 5.11 Å². The zero-order valence-electron chi connectivity index (χ0n) is 9.82. The molecule has 0 spiro atoms. The van der Waals surface area contributed by atoms with E-state index in [2.05, 4.69) is 0 Å². The first-order valence-corrected chi connectivity index (χ1v) is 7.28. The van der Waals surface area contributed by atoms with Crippen LogP contribution >= 0.6 is 11.3 Å². The average Bonchev–Trinajstić information content (AvgIpc) is 2.74. The van der Waals surface area contributed by atoms with Crippen molar-refractivity contribution in [1.82, 2.24) is 4.31 Å². The minimum absolute atomic E-state index is 0.0194. The standard InChI is InChI=1S/C10H12N2O4S2/c1-7(2)12(6-9(13)14)18(15,16)10-4-3-8(5-11)17-10/h3-4,7H,6H2,1-2H3,(H,13,14). The highest BCUT2D eigenvalue weighted by molar-refractivity contribution is 7.91. The highest BCUT2D eigenvalue weighted by atomic mass is 32.2. The summed E-state index contributed by atoms with van der Waals surface area (Å²) in [4.78, 5) is 11.0. The van der Waals surface area contributed by atoms with Crippen LogP contribution in [0.25, 0.3) is 0 Å². The topological polar surface area (TPSA) is 98.5 Å².